The molecular formula is C13H26N2O2. The molecule has 0 saturated carbocycles. The first-order valence-corrected chi connectivity index (χ1v) is 6.74. The molecule has 0 aromatic rings. The van der Waals surface area contributed by atoms with E-state index in [1.54, 1.807) is 0 Å². The zero-order chi connectivity index (χ0) is 12.7. The Morgan fingerprint density at radius 1 is 1.35 bits per heavy atom. The van der Waals surface area contributed by atoms with Crippen LogP contribution in [-0.4, -0.2) is 37.7 Å². The molecule has 0 aromatic heterocycles. The lowest BCUT2D eigenvalue weighted by Gasteiger charge is -2.24. The van der Waals surface area contributed by atoms with Gasteiger partial charge in [0, 0.05) is 25.3 Å². The molecule has 100 valence electrons. The highest BCUT2D eigenvalue weighted by molar-refractivity contribution is 5.78. The maximum Gasteiger partial charge on any atom is 0.234 e. The molecule has 1 rings (SSSR count). The second kappa shape index (κ2) is 7.67. The van der Waals surface area contributed by atoms with Crippen LogP contribution in [0.1, 0.15) is 40.0 Å². The summed E-state index contributed by atoms with van der Waals surface area (Å²) < 4.78 is 5.26. The van der Waals surface area contributed by atoms with E-state index in [1.165, 1.54) is 0 Å². The van der Waals surface area contributed by atoms with Crippen LogP contribution in [0.4, 0.5) is 0 Å². The van der Waals surface area contributed by atoms with E-state index in [-0.39, 0.29) is 5.91 Å². The highest BCUT2D eigenvalue weighted by Gasteiger charge is 2.17. The minimum atomic E-state index is 0.107. The minimum Gasteiger partial charge on any atom is -0.381 e. The van der Waals surface area contributed by atoms with Crippen LogP contribution in [0.25, 0.3) is 0 Å². The van der Waals surface area contributed by atoms with Gasteiger partial charge in [-0.3, -0.25) is 4.79 Å². The number of carbonyl (C=O) groups is 1. The van der Waals surface area contributed by atoms with Gasteiger partial charge in [0.1, 0.15) is 0 Å². The fraction of sp³-hybridized carbons (Fsp3) is 0.923. The van der Waals surface area contributed by atoms with Gasteiger partial charge >= 0.3 is 0 Å². The average Bonchev–Trinajstić information content (AvgIpc) is 2.30. The Labute approximate surface area is 104 Å². The molecular weight excluding hydrogens is 216 g/mol. The third kappa shape index (κ3) is 5.50. The highest BCUT2D eigenvalue weighted by Crippen LogP contribution is 2.06. The molecule has 0 aliphatic carbocycles. The Hall–Kier alpha value is -0.610. The summed E-state index contributed by atoms with van der Waals surface area (Å²) in [5.74, 6) is 0.673. The molecule has 4 heteroatoms. The molecule has 0 spiro atoms. The minimum absolute atomic E-state index is 0.107. The SMILES string of the molecule is CCC(NCC(=O)NC1CCOCC1)C(C)C. The molecule has 1 aliphatic rings. The maximum atomic E-state index is 11.7. The van der Waals surface area contributed by atoms with Gasteiger partial charge < -0.3 is 15.4 Å². The van der Waals surface area contributed by atoms with Crippen LogP contribution in [0, 0.1) is 5.92 Å². The van der Waals surface area contributed by atoms with Crippen molar-refractivity contribution in [3.8, 4) is 0 Å². The molecule has 1 atom stereocenters. The number of nitrogens with one attached hydrogen (secondary N) is 2. The third-order valence-electron chi connectivity index (χ3n) is 3.36. The van der Waals surface area contributed by atoms with Crippen molar-refractivity contribution in [3.05, 3.63) is 0 Å². The van der Waals surface area contributed by atoms with E-state index in [2.05, 4.69) is 31.4 Å². The van der Waals surface area contributed by atoms with Gasteiger partial charge in [-0.15, -0.1) is 0 Å². The average molecular weight is 242 g/mol. The first-order valence-electron chi connectivity index (χ1n) is 6.74. The molecule has 1 fully saturated rings. The summed E-state index contributed by atoms with van der Waals surface area (Å²) in [6.07, 6.45) is 2.93. The lowest BCUT2D eigenvalue weighted by molar-refractivity contribution is -0.121. The van der Waals surface area contributed by atoms with Gasteiger partial charge in [0.15, 0.2) is 0 Å². The summed E-state index contributed by atoms with van der Waals surface area (Å²) in [5.41, 5.74) is 0. The van der Waals surface area contributed by atoms with Gasteiger partial charge in [-0.25, -0.2) is 0 Å². The lowest BCUT2D eigenvalue weighted by atomic mass is 10.0. The molecule has 1 aliphatic heterocycles. The second-order valence-electron chi connectivity index (χ2n) is 5.09. The summed E-state index contributed by atoms with van der Waals surface area (Å²) in [6.45, 7) is 8.46. The van der Waals surface area contributed by atoms with E-state index in [4.69, 9.17) is 4.74 Å². The van der Waals surface area contributed by atoms with Gasteiger partial charge in [0.25, 0.3) is 0 Å². The van der Waals surface area contributed by atoms with E-state index in [9.17, 15) is 4.79 Å². The van der Waals surface area contributed by atoms with E-state index in [1.807, 2.05) is 0 Å². The van der Waals surface area contributed by atoms with Crippen molar-refractivity contribution in [1.29, 1.82) is 0 Å². The molecule has 1 heterocycles. The normalized spacial score (nSPS) is 19.3. The van der Waals surface area contributed by atoms with E-state index in [0.717, 1.165) is 32.5 Å². The summed E-state index contributed by atoms with van der Waals surface area (Å²) >= 11 is 0. The quantitative estimate of drug-likeness (QED) is 0.738. The Bertz CT molecular complexity index is 225. The Morgan fingerprint density at radius 2 is 2.00 bits per heavy atom. The largest absolute Gasteiger partial charge is 0.381 e. The van der Waals surface area contributed by atoms with Crippen LogP contribution < -0.4 is 10.6 Å². The smallest absolute Gasteiger partial charge is 0.234 e. The predicted octanol–water partition coefficient (Wildman–Crippen LogP) is 1.31. The topological polar surface area (TPSA) is 50.4 Å². The molecule has 2 N–H and O–H groups in total. The monoisotopic (exact) mass is 242 g/mol. The Balaban J connectivity index is 2.19. The molecule has 1 amide bonds. The fourth-order valence-corrected chi connectivity index (χ4v) is 2.20. The van der Waals surface area contributed by atoms with E-state index < -0.39 is 0 Å². The molecule has 0 aromatic carbocycles. The van der Waals surface area contributed by atoms with Crippen LogP contribution in [0.5, 0.6) is 0 Å². The second-order valence-corrected chi connectivity index (χ2v) is 5.09. The maximum absolute atomic E-state index is 11.7. The molecule has 1 unspecified atom stereocenters. The van der Waals surface area contributed by atoms with Crippen molar-refractivity contribution in [1.82, 2.24) is 10.6 Å². The summed E-state index contributed by atoms with van der Waals surface area (Å²) in [4.78, 5) is 11.7. The number of hydrogen-bond donors (Lipinski definition) is 2. The number of rotatable bonds is 6. The van der Waals surface area contributed by atoms with Crippen molar-refractivity contribution in [2.24, 2.45) is 5.92 Å². The molecule has 0 radical (unpaired) electrons. The number of ether oxygens (including phenoxy) is 1. The van der Waals surface area contributed by atoms with Crippen LogP contribution >= 0.6 is 0 Å². The zero-order valence-electron chi connectivity index (χ0n) is 11.3. The summed E-state index contributed by atoms with van der Waals surface area (Å²) in [6, 6.07) is 0.729. The van der Waals surface area contributed by atoms with Crippen molar-refractivity contribution >= 4 is 5.91 Å². The third-order valence-corrected chi connectivity index (χ3v) is 3.36. The van der Waals surface area contributed by atoms with Gasteiger partial charge in [0.05, 0.1) is 6.54 Å². The highest BCUT2D eigenvalue weighted by atomic mass is 16.5. The standard InChI is InChI=1S/C13H26N2O2/c1-4-12(10(2)3)14-9-13(16)15-11-5-7-17-8-6-11/h10-12,14H,4-9H2,1-3H3,(H,15,16). The number of hydrogen-bond acceptors (Lipinski definition) is 3. The van der Waals surface area contributed by atoms with Crippen LogP contribution in [0.15, 0.2) is 0 Å². The summed E-state index contributed by atoms with van der Waals surface area (Å²) in [5, 5.41) is 6.37. The van der Waals surface area contributed by atoms with Crippen molar-refractivity contribution < 1.29 is 9.53 Å². The molecule has 4 nitrogen and oxygen atoms in total. The van der Waals surface area contributed by atoms with E-state index in [0.29, 0.717) is 24.5 Å². The predicted molar refractivity (Wildman–Crippen MR) is 68.9 cm³/mol. The van der Waals surface area contributed by atoms with Gasteiger partial charge in [0.2, 0.25) is 5.91 Å². The first kappa shape index (κ1) is 14.5. The van der Waals surface area contributed by atoms with Crippen molar-refractivity contribution in [2.75, 3.05) is 19.8 Å². The van der Waals surface area contributed by atoms with Crippen LogP contribution in [0.3, 0.4) is 0 Å². The molecule has 17 heavy (non-hydrogen) atoms. The Morgan fingerprint density at radius 3 is 2.53 bits per heavy atom. The first-order chi connectivity index (χ1) is 8.13. The van der Waals surface area contributed by atoms with Gasteiger partial charge in [-0.05, 0) is 25.2 Å². The molecule has 0 bridgehead atoms. The Kier molecular flexibility index (Phi) is 6.52. The zero-order valence-corrected chi connectivity index (χ0v) is 11.3. The lowest BCUT2D eigenvalue weighted by Crippen LogP contribution is -2.45. The van der Waals surface area contributed by atoms with E-state index >= 15 is 0 Å². The van der Waals surface area contributed by atoms with Gasteiger partial charge in [-0.1, -0.05) is 20.8 Å². The number of amides is 1. The van der Waals surface area contributed by atoms with Crippen molar-refractivity contribution in [3.63, 3.8) is 0 Å². The van der Waals surface area contributed by atoms with Crippen LogP contribution in [-0.2, 0) is 9.53 Å². The van der Waals surface area contributed by atoms with Crippen LogP contribution in [0.2, 0.25) is 0 Å². The fourth-order valence-electron chi connectivity index (χ4n) is 2.20. The van der Waals surface area contributed by atoms with Gasteiger partial charge in [-0.2, -0.15) is 0 Å². The van der Waals surface area contributed by atoms with Crippen molar-refractivity contribution in [2.45, 2.75) is 52.1 Å². The summed E-state index contributed by atoms with van der Waals surface area (Å²) in [7, 11) is 0. The number of carbonyl (C=O) groups excluding carboxylic acids is 1. The molecule has 1 saturated heterocycles.